The maximum Gasteiger partial charge on any atom is 0.268 e. The molecule has 0 spiro atoms. The van der Waals surface area contributed by atoms with E-state index >= 15 is 0 Å². The van der Waals surface area contributed by atoms with Gasteiger partial charge in [-0.3, -0.25) is 14.5 Å². The highest BCUT2D eigenvalue weighted by Gasteiger charge is 2.19. The van der Waals surface area contributed by atoms with Gasteiger partial charge in [-0.2, -0.15) is 10.4 Å². The fourth-order valence-corrected chi connectivity index (χ4v) is 5.09. The van der Waals surface area contributed by atoms with Crippen molar-refractivity contribution < 1.29 is 4.74 Å². The second-order valence-corrected chi connectivity index (χ2v) is 10.0. The molecule has 1 aliphatic carbocycles. The van der Waals surface area contributed by atoms with Crippen molar-refractivity contribution in [1.82, 2.24) is 24.3 Å². The maximum atomic E-state index is 12.8. The molecule has 192 valence electrons. The van der Waals surface area contributed by atoms with E-state index in [0.717, 1.165) is 50.1 Å². The molecule has 9 heteroatoms. The molecule has 0 saturated carbocycles. The van der Waals surface area contributed by atoms with E-state index < -0.39 is 0 Å². The quantitative estimate of drug-likeness (QED) is 0.382. The Morgan fingerprint density at radius 3 is 2.79 bits per heavy atom. The molecule has 1 aliphatic rings. The fourth-order valence-electron chi connectivity index (χ4n) is 4.86. The summed E-state index contributed by atoms with van der Waals surface area (Å²) in [5, 5.41) is 16.0. The summed E-state index contributed by atoms with van der Waals surface area (Å²) in [4.78, 5) is 21.9. The molecular weight excluding hydrogens is 500 g/mol. The van der Waals surface area contributed by atoms with Crippen LogP contribution in [-0.2, 0) is 24.9 Å². The highest BCUT2D eigenvalue weighted by Crippen LogP contribution is 2.25. The number of ether oxygens (including phenoxy) is 1. The minimum absolute atomic E-state index is 0.0914. The summed E-state index contributed by atoms with van der Waals surface area (Å²) in [7, 11) is 1.93. The van der Waals surface area contributed by atoms with Crippen LogP contribution in [0.5, 0.6) is 0 Å². The lowest BCUT2D eigenvalue weighted by molar-refractivity contribution is 0.242. The van der Waals surface area contributed by atoms with Gasteiger partial charge in [0.15, 0.2) is 0 Å². The van der Waals surface area contributed by atoms with Crippen LogP contribution >= 0.6 is 11.6 Å². The SMILES string of the molecule is Cc1cc(-c2ccnn2C)c2c(n1)=C(OCc1c(Cl)cncc1Cn1c(C)ccc(C#N)c1=O)CC(C)C=2. The topological polar surface area (TPSA) is 98.6 Å². The summed E-state index contributed by atoms with van der Waals surface area (Å²) < 4.78 is 9.86. The number of rotatable bonds is 6. The van der Waals surface area contributed by atoms with Crippen LogP contribution in [0.2, 0.25) is 5.02 Å². The van der Waals surface area contributed by atoms with Crippen molar-refractivity contribution in [2.45, 2.75) is 40.3 Å². The molecule has 0 bridgehead atoms. The number of aryl methyl sites for hydroxylation is 3. The predicted molar refractivity (Wildman–Crippen MR) is 145 cm³/mol. The van der Waals surface area contributed by atoms with E-state index in [-0.39, 0.29) is 30.2 Å². The highest BCUT2D eigenvalue weighted by atomic mass is 35.5. The molecule has 4 aromatic heterocycles. The first kappa shape index (κ1) is 25.4. The van der Waals surface area contributed by atoms with Crippen molar-refractivity contribution in [2.24, 2.45) is 13.0 Å². The molecular formula is C29H27ClN6O2. The lowest BCUT2D eigenvalue weighted by Crippen LogP contribution is -2.37. The lowest BCUT2D eigenvalue weighted by atomic mass is 9.96. The molecule has 0 amide bonds. The van der Waals surface area contributed by atoms with Crippen LogP contribution in [0.3, 0.4) is 0 Å². The van der Waals surface area contributed by atoms with E-state index in [1.165, 1.54) is 0 Å². The van der Waals surface area contributed by atoms with Gasteiger partial charge in [-0.1, -0.05) is 24.6 Å². The van der Waals surface area contributed by atoms with E-state index in [0.29, 0.717) is 11.4 Å². The van der Waals surface area contributed by atoms with Crippen LogP contribution in [0.25, 0.3) is 23.1 Å². The molecule has 5 rings (SSSR count). The summed E-state index contributed by atoms with van der Waals surface area (Å²) in [6.07, 6.45) is 7.99. The second-order valence-electron chi connectivity index (χ2n) is 9.62. The molecule has 0 aromatic carbocycles. The predicted octanol–water partition coefficient (Wildman–Crippen LogP) is 3.37. The number of nitriles is 1. The van der Waals surface area contributed by atoms with E-state index in [1.54, 1.807) is 35.3 Å². The zero-order valence-corrected chi connectivity index (χ0v) is 22.5. The average Bonchev–Trinajstić information content (AvgIpc) is 3.31. The van der Waals surface area contributed by atoms with Crippen molar-refractivity contribution >= 4 is 23.4 Å². The van der Waals surface area contributed by atoms with Crippen molar-refractivity contribution in [3.05, 3.63) is 96.9 Å². The lowest BCUT2D eigenvalue weighted by Gasteiger charge is -2.20. The zero-order valence-electron chi connectivity index (χ0n) is 21.7. The normalized spacial score (nSPS) is 14.5. The third-order valence-corrected chi connectivity index (χ3v) is 7.16. The van der Waals surface area contributed by atoms with Crippen molar-refractivity contribution in [3.63, 3.8) is 0 Å². The number of halogens is 1. The van der Waals surface area contributed by atoms with Gasteiger partial charge in [0, 0.05) is 59.8 Å². The molecule has 0 saturated heterocycles. The Bertz CT molecular complexity index is 1780. The summed E-state index contributed by atoms with van der Waals surface area (Å²) >= 11 is 6.59. The molecule has 0 N–H and O–H groups in total. The van der Waals surface area contributed by atoms with Crippen LogP contribution in [0.1, 0.15) is 41.4 Å². The van der Waals surface area contributed by atoms with Crippen molar-refractivity contribution in [3.8, 4) is 17.3 Å². The van der Waals surface area contributed by atoms with E-state index in [1.807, 2.05) is 37.7 Å². The zero-order chi connectivity index (χ0) is 27.0. The first-order chi connectivity index (χ1) is 18.3. The molecule has 0 aliphatic heterocycles. The largest absolute Gasteiger partial charge is 0.491 e. The van der Waals surface area contributed by atoms with Crippen molar-refractivity contribution in [2.75, 3.05) is 0 Å². The van der Waals surface area contributed by atoms with Crippen molar-refractivity contribution in [1.29, 1.82) is 5.26 Å². The Kier molecular flexibility index (Phi) is 6.87. The van der Waals surface area contributed by atoms with Gasteiger partial charge in [0.25, 0.3) is 5.56 Å². The monoisotopic (exact) mass is 526 g/mol. The third kappa shape index (κ3) is 4.73. The van der Waals surface area contributed by atoms with Crippen LogP contribution in [0, 0.1) is 31.1 Å². The number of hydrogen-bond donors (Lipinski definition) is 0. The summed E-state index contributed by atoms with van der Waals surface area (Å²) in [6.45, 7) is 6.38. The van der Waals surface area contributed by atoms with Crippen LogP contribution in [0.15, 0.2) is 47.7 Å². The van der Waals surface area contributed by atoms with Gasteiger partial charge in [-0.25, -0.2) is 4.98 Å². The van der Waals surface area contributed by atoms with Crippen LogP contribution in [-0.4, -0.2) is 24.3 Å². The maximum absolute atomic E-state index is 12.8. The van der Waals surface area contributed by atoms with E-state index in [9.17, 15) is 10.1 Å². The van der Waals surface area contributed by atoms with Gasteiger partial charge in [-0.15, -0.1) is 0 Å². The van der Waals surface area contributed by atoms with Gasteiger partial charge >= 0.3 is 0 Å². The first-order valence-corrected chi connectivity index (χ1v) is 12.7. The Morgan fingerprint density at radius 1 is 1.24 bits per heavy atom. The number of aromatic nitrogens is 5. The number of fused-ring (bicyclic) bond motifs is 1. The Morgan fingerprint density at radius 2 is 2.05 bits per heavy atom. The van der Waals surface area contributed by atoms with Gasteiger partial charge in [0.2, 0.25) is 0 Å². The van der Waals surface area contributed by atoms with Gasteiger partial charge in [-0.05, 0) is 49.6 Å². The minimum atomic E-state index is -0.346. The molecule has 1 atom stereocenters. The van der Waals surface area contributed by atoms with Gasteiger partial charge in [0.1, 0.15) is 29.3 Å². The molecule has 1 unspecified atom stereocenters. The Hall–Kier alpha value is -4.22. The second kappa shape index (κ2) is 10.3. The Labute approximate surface area is 225 Å². The summed E-state index contributed by atoms with van der Waals surface area (Å²) in [5.41, 5.74) is 4.94. The standard InChI is InChI=1S/C29H27ClN6O2/c1-17-9-23-22(26-7-8-33-35(26)4)11-18(2)34-28(23)27(10-17)38-16-24-21(13-32-14-25(24)30)15-36-19(3)5-6-20(12-31)29(36)37/h5-9,11,13-14,17H,10,15-16H2,1-4H3. The molecule has 38 heavy (non-hydrogen) atoms. The molecule has 4 heterocycles. The van der Waals surface area contributed by atoms with Crippen LogP contribution in [0.4, 0.5) is 0 Å². The summed E-state index contributed by atoms with van der Waals surface area (Å²) in [5.74, 6) is 1.04. The van der Waals surface area contributed by atoms with Crippen LogP contribution < -0.4 is 16.1 Å². The first-order valence-electron chi connectivity index (χ1n) is 12.3. The third-order valence-electron chi connectivity index (χ3n) is 6.83. The number of pyridine rings is 3. The Balaban J connectivity index is 1.56. The van der Waals surface area contributed by atoms with Gasteiger partial charge < -0.3 is 9.30 Å². The fraction of sp³-hybridized carbons (Fsp3) is 0.276. The van der Waals surface area contributed by atoms with E-state index in [2.05, 4.69) is 29.1 Å². The average molecular weight is 527 g/mol. The molecule has 0 radical (unpaired) electrons. The smallest absolute Gasteiger partial charge is 0.268 e. The van der Waals surface area contributed by atoms with Gasteiger partial charge in [0.05, 0.1) is 17.3 Å². The molecule has 4 aromatic rings. The minimum Gasteiger partial charge on any atom is -0.491 e. The molecule has 8 nitrogen and oxygen atoms in total. The summed E-state index contributed by atoms with van der Waals surface area (Å²) in [6, 6.07) is 9.33. The number of nitrogens with zero attached hydrogens (tertiary/aromatic N) is 6. The number of hydrogen-bond acceptors (Lipinski definition) is 6. The molecule has 0 fully saturated rings. The van der Waals surface area contributed by atoms with E-state index in [4.69, 9.17) is 21.3 Å². The highest BCUT2D eigenvalue weighted by molar-refractivity contribution is 6.31.